The van der Waals surface area contributed by atoms with Crippen molar-refractivity contribution in [3.05, 3.63) is 29.3 Å². The monoisotopic (exact) mass is 235 g/mol. The van der Waals surface area contributed by atoms with Gasteiger partial charge in [0.1, 0.15) is 6.10 Å². The van der Waals surface area contributed by atoms with Crippen LogP contribution in [-0.4, -0.2) is 25.3 Å². The first-order valence-corrected chi connectivity index (χ1v) is 5.81. The summed E-state index contributed by atoms with van der Waals surface area (Å²) in [4.78, 5) is 11.9. The number of carbonyl (C=O) groups excluding carboxylic acids is 1. The molecule has 0 aromatic heterocycles. The summed E-state index contributed by atoms with van der Waals surface area (Å²) >= 11 is 0. The molecule has 0 spiro atoms. The molecule has 2 rings (SSSR count). The number of ether oxygens (including phenoxy) is 2. The third-order valence-electron chi connectivity index (χ3n) is 2.90. The van der Waals surface area contributed by atoms with Gasteiger partial charge in [0.25, 0.3) is 0 Å². The Morgan fingerprint density at radius 3 is 3.00 bits per heavy atom. The number of hydrogen-bond acceptors (Lipinski definition) is 4. The summed E-state index contributed by atoms with van der Waals surface area (Å²) in [6.45, 7) is 3.13. The Kier molecular flexibility index (Phi) is 3.64. The Labute approximate surface area is 101 Å². The molecule has 1 aromatic carbocycles. The average Bonchev–Trinajstić information content (AvgIpc) is 2.34. The maximum atomic E-state index is 11.9. The van der Waals surface area contributed by atoms with Crippen molar-refractivity contribution < 1.29 is 14.3 Å². The Balaban J connectivity index is 2.01. The van der Waals surface area contributed by atoms with Crippen molar-refractivity contribution in [1.29, 1.82) is 0 Å². The topological polar surface area (TPSA) is 61.5 Å². The van der Waals surface area contributed by atoms with E-state index in [0.717, 1.165) is 25.0 Å². The first kappa shape index (κ1) is 11.9. The first-order valence-electron chi connectivity index (χ1n) is 5.81. The van der Waals surface area contributed by atoms with E-state index in [-0.39, 0.29) is 12.1 Å². The van der Waals surface area contributed by atoms with Crippen molar-refractivity contribution in [3.63, 3.8) is 0 Å². The van der Waals surface area contributed by atoms with Gasteiger partial charge in [-0.05, 0) is 43.5 Å². The molecule has 4 heteroatoms. The van der Waals surface area contributed by atoms with Crippen LogP contribution < -0.4 is 5.73 Å². The molecule has 0 aliphatic carbocycles. The number of nitrogen functional groups attached to an aromatic ring is 1. The summed E-state index contributed by atoms with van der Waals surface area (Å²) in [5.41, 5.74) is 7.82. The molecule has 1 aromatic rings. The van der Waals surface area contributed by atoms with Gasteiger partial charge in [-0.2, -0.15) is 0 Å². The Morgan fingerprint density at radius 1 is 1.53 bits per heavy atom. The van der Waals surface area contributed by atoms with E-state index < -0.39 is 0 Å². The minimum atomic E-state index is -0.302. The zero-order chi connectivity index (χ0) is 12.3. The Bertz CT molecular complexity index is 411. The lowest BCUT2D eigenvalue weighted by Gasteiger charge is -2.22. The lowest BCUT2D eigenvalue weighted by Crippen LogP contribution is -2.28. The van der Waals surface area contributed by atoms with Gasteiger partial charge in [0.15, 0.2) is 0 Å². The number of nitrogens with two attached hydrogens (primary N) is 1. The number of rotatable bonds is 2. The Morgan fingerprint density at radius 2 is 2.35 bits per heavy atom. The van der Waals surface area contributed by atoms with Crippen molar-refractivity contribution in [3.8, 4) is 0 Å². The van der Waals surface area contributed by atoms with Gasteiger partial charge >= 0.3 is 5.97 Å². The number of benzene rings is 1. The van der Waals surface area contributed by atoms with E-state index in [1.807, 2.05) is 6.92 Å². The molecule has 4 nitrogen and oxygen atoms in total. The molecule has 1 aliphatic rings. The maximum Gasteiger partial charge on any atom is 0.338 e. The molecule has 1 unspecified atom stereocenters. The van der Waals surface area contributed by atoms with E-state index in [0.29, 0.717) is 17.9 Å². The second-order valence-electron chi connectivity index (χ2n) is 4.32. The molecule has 17 heavy (non-hydrogen) atoms. The molecule has 0 bridgehead atoms. The van der Waals surface area contributed by atoms with E-state index in [4.69, 9.17) is 15.2 Å². The molecular formula is C13H17NO3. The molecule has 2 N–H and O–H groups in total. The highest BCUT2D eigenvalue weighted by Crippen LogP contribution is 2.16. The summed E-state index contributed by atoms with van der Waals surface area (Å²) in [7, 11) is 0. The molecule has 0 amide bonds. The smallest absolute Gasteiger partial charge is 0.338 e. The van der Waals surface area contributed by atoms with Gasteiger partial charge in [0, 0.05) is 12.3 Å². The van der Waals surface area contributed by atoms with Crippen LogP contribution in [0.15, 0.2) is 18.2 Å². The zero-order valence-electron chi connectivity index (χ0n) is 9.94. The summed E-state index contributed by atoms with van der Waals surface area (Å²) < 4.78 is 10.6. The van der Waals surface area contributed by atoms with Crippen molar-refractivity contribution in [2.45, 2.75) is 25.9 Å². The minimum absolute atomic E-state index is 0.117. The largest absolute Gasteiger partial charge is 0.456 e. The number of esters is 1. The van der Waals surface area contributed by atoms with Gasteiger partial charge in [-0.3, -0.25) is 0 Å². The molecule has 1 fully saturated rings. The van der Waals surface area contributed by atoms with Crippen LogP contribution in [0.2, 0.25) is 0 Å². The van der Waals surface area contributed by atoms with E-state index in [9.17, 15) is 4.79 Å². The fourth-order valence-corrected chi connectivity index (χ4v) is 1.83. The van der Waals surface area contributed by atoms with Crippen LogP contribution >= 0.6 is 0 Å². The summed E-state index contributed by atoms with van der Waals surface area (Å²) in [5.74, 6) is -0.302. The molecule has 1 saturated heterocycles. The fraction of sp³-hybridized carbons (Fsp3) is 0.462. The van der Waals surface area contributed by atoms with E-state index in [2.05, 4.69) is 0 Å². The fourth-order valence-electron chi connectivity index (χ4n) is 1.83. The van der Waals surface area contributed by atoms with Crippen LogP contribution in [0.3, 0.4) is 0 Å². The highest BCUT2D eigenvalue weighted by molar-refractivity contribution is 5.90. The van der Waals surface area contributed by atoms with Gasteiger partial charge < -0.3 is 15.2 Å². The minimum Gasteiger partial charge on any atom is -0.456 e. The highest BCUT2D eigenvalue weighted by atomic mass is 16.6. The molecule has 0 radical (unpaired) electrons. The van der Waals surface area contributed by atoms with Crippen LogP contribution in [0.25, 0.3) is 0 Å². The van der Waals surface area contributed by atoms with Crippen LogP contribution in [0, 0.1) is 6.92 Å². The molecule has 1 atom stereocenters. The molecule has 1 aliphatic heterocycles. The number of carbonyl (C=O) groups is 1. The van der Waals surface area contributed by atoms with E-state index in [1.54, 1.807) is 18.2 Å². The number of anilines is 1. The molecular weight excluding hydrogens is 218 g/mol. The molecule has 0 saturated carbocycles. The van der Waals surface area contributed by atoms with E-state index in [1.165, 1.54) is 0 Å². The van der Waals surface area contributed by atoms with Crippen molar-refractivity contribution in [1.82, 2.24) is 0 Å². The van der Waals surface area contributed by atoms with Crippen molar-refractivity contribution in [2.24, 2.45) is 0 Å². The van der Waals surface area contributed by atoms with Gasteiger partial charge in [-0.25, -0.2) is 4.79 Å². The summed E-state index contributed by atoms with van der Waals surface area (Å²) in [5, 5.41) is 0. The van der Waals surface area contributed by atoms with Gasteiger partial charge in [0.05, 0.1) is 12.2 Å². The standard InChI is InChI=1S/C13H17NO3/c1-9-7-10(4-5-12(9)14)13(15)17-11-3-2-6-16-8-11/h4-5,7,11H,2-3,6,8,14H2,1H3. The quantitative estimate of drug-likeness (QED) is 0.628. The van der Waals surface area contributed by atoms with Gasteiger partial charge in [-0.15, -0.1) is 0 Å². The molecule has 92 valence electrons. The third-order valence-corrected chi connectivity index (χ3v) is 2.90. The summed E-state index contributed by atoms with van der Waals surface area (Å²) in [6.07, 6.45) is 1.70. The van der Waals surface area contributed by atoms with E-state index >= 15 is 0 Å². The van der Waals surface area contributed by atoms with Crippen molar-refractivity contribution in [2.75, 3.05) is 18.9 Å². The maximum absolute atomic E-state index is 11.9. The normalized spacial score (nSPS) is 19.9. The van der Waals surface area contributed by atoms with Gasteiger partial charge in [0.2, 0.25) is 0 Å². The van der Waals surface area contributed by atoms with Crippen LogP contribution in [0.5, 0.6) is 0 Å². The predicted molar refractivity (Wildman–Crippen MR) is 64.8 cm³/mol. The molecule has 1 heterocycles. The third kappa shape index (κ3) is 2.97. The Hall–Kier alpha value is -1.55. The summed E-state index contributed by atoms with van der Waals surface area (Å²) in [6, 6.07) is 5.17. The zero-order valence-corrected chi connectivity index (χ0v) is 9.94. The van der Waals surface area contributed by atoms with Crippen LogP contribution in [0.4, 0.5) is 5.69 Å². The SMILES string of the molecule is Cc1cc(C(=O)OC2CCCOC2)ccc1N. The second-order valence-corrected chi connectivity index (χ2v) is 4.32. The van der Waals surface area contributed by atoms with Gasteiger partial charge in [-0.1, -0.05) is 0 Å². The lowest BCUT2D eigenvalue weighted by atomic mass is 10.1. The second kappa shape index (κ2) is 5.19. The highest BCUT2D eigenvalue weighted by Gasteiger charge is 2.19. The lowest BCUT2D eigenvalue weighted by molar-refractivity contribution is -0.0306. The number of aryl methyl sites for hydroxylation is 1. The first-order chi connectivity index (χ1) is 8.16. The van der Waals surface area contributed by atoms with Crippen LogP contribution in [-0.2, 0) is 9.47 Å². The number of hydrogen-bond donors (Lipinski definition) is 1. The predicted octanol–water partition coefficient (Wildman–Crippen LogP) is 1.91. The van der Waals surface area contributed by atoms with Crippen molar-refractivity contribution >= 4 is 11.7 Å². The van der Waals surface area contributed by atoms with Crippen LogP contribution in [0.1, 0.15) is 28.8 Å². The average molecular weight is 235 g/mol.